The summed E-state index contributed by atoms with van der Waals surface area (Å²) in [5.74, 6) is -0.858. The third-order valence-corrected chi connectivity index (χ3v) is 7.03. The Balaban J connectivity index is 1.27. The summed E-state index contributed by atoms with van der Waals surface area (Å²) in [6.07, 6.45) is 4.93. The molecule has 180 valence electrons. The number of rotatable bonds is 5. The second-order valence-corrected chi connectivity index (χ2v) is 9.47. The van der Waals surface area contributed by atoms with Gasteiger partial charge in [0.15, 0.2) is 0 Å². The molecular weight excluding hydrogens is 440 g/mol. The summed E-state index contributed by atoms with van der Waals surface area (Å²) in [5.41, 5.74) is 1.25. The van der Waals surface area contributed by atoms with E-state index in [1.807, 2.05) is 66.7 Å². The molecule has 2 N–H and O–H groups in total. The Labute approximate surface area is 205 Å². The molecule has 0 aliphatic carbocycles. The summed E-state index contributed by atoms with van der Waals surface area (Å²) in [6.45, 7) is 3.44. The van der Waals surface area contributed by atoms with Gasteiger partial charge in [0.25, 0.3) is 5.91 Å². The average Bonchev–Trinajstić information content (AvgIpc) is 3.06. The minimum Gasteiger partial charge on any atom is -0.372 e. The Morgan fingerprint density at radius 1 is 0.914 bits per heavy atom. The zero-order chi connectivity index (χ0) is 24.4. The molecule has 2 heterocycles. The van der Waals surface area contributed by atoms with E-state index in [0.717, 1.165) is 34.4 Å². The van der Waals surface area contributed by atoms with Crippen molar-refractivity contribution in [2.24, 2.45) is 0 Å². The highest BCUT2D eigenvalue weighted by molar-refractivity contribution is 6.11. The van der Waals surface area contributed by atoms with Crippen LogP contribution >= 0.6 is 0 Å². The van der Waals surface area contributed by atoms with Crippen molar-refractivity contribution >= 4 is 40.0 Å². The number of urea groups is 1. The zero-order valence-electron chi connectivity index (χ0n) is 19.9. The summed E-state index contributed by atoms with van der Waals surface area (Å²) in [5, 5.41) is 7.50. The van der Waals surface area contributed by atoms with Crippen molar-refractivity contribution in [2.75, 3.05) is 29.9 Å². The van der Waals surface area contributed by atoms with E-state index in [9.17, 15) is 14.4 Å². The summed E-state index contributed by atoms with van der Waals surface area (Å²) in [6, 6.07) is 20.6. The number of benzene rings is 3. The van der Waals surface area contributed by atoms with Crippen LogP contribution in [0, 0.1) is 0 Å². The number of hydrogen-bond donors (Lipinski definition) is 2. The summed E-state index contributed by atoms with van der Waals surface area (Å²) < 4.78 is 0. The molecule has 7 nitrogen and oxygen atoms in total. The smallest absolute Gasteiger partial charge is 0.325 e. The summed E-state index contributed by atoms with van der Waals surface area (Å²) in [7, 11) is 0. The predicted octanol–water partition coefficient (Wildman–Crippen LogP) is 4.63. The van der Waals surface area contributed by atoms with Crippen molar-refractivity contribution in [3.63, 3.8) is 0 Å². The van der Waals surface area contributed by atoms with Crippen LogP contribution in [0.3, 0.4) is 0 Å². The minimum atomic E-state index is -1.24. The molecule has 2 aliphatic heterocycles. The normalized spacial score (nSPS) is 20.6. The van der Waals surface area contributed by atoms with E-state index >= 15 is 0 Å². The lowest BCUT2D eigenvalue weighted by molar-refractivity contribution is -0.133. The Hall–Kier alpha value is -3.87. The number of imide groups is 1. The molecule has 0 saturated carbocycles. The molecule has 0 bridgehead atoms. The van der Waals surface area contributed by atoms with Gasteiger partial charge < -0.3 is 15.5 Å². The van der Waals surface area contributed by atoms with Crippen LogP contribution in [0.4, 0.5) is 16.2 Å². The summed E-state index contributed by atoms with van der Waals surface area (Å²) >= 11 is 0. The van der Waals surface area contributed by atoms with Crippen LogP contribution in [-0.2, 0) is 15.1 Å². The van der Waals surface area contributed by atoms with Gasteiger partial charge in [0.05, 0.1) is 0 Å². The van der Waals surface area contributed by atoms with Crippen LogP contribution in [-0.4, -0.2) is 42.4 Å². The predicted molar refractivity (Wildman–Crippen MR) is 137 cm³/mol. The zero-order valence-corrected chi connectivity index (χ0v) is 19.9. The molecule has 2 aliphatic rings. The fourth-order valence-corrected chi connectivity index (χ4v) is 5.11. The van der Waals surface area contributed by atoms with Gasteiger partial charge in [-0.15, -0.1) is 0 Å². The number of fused-ring (bicyclic) bond motifs is 1. The van der Waals surface area contributed by atoms with Crippen LogP contribution in [0.1, 0.15) is 38.2 Å². The molecule has 2 saturated heterocycles. The number of hydrogen-bond acceptors (Lipinski definition) is 4. The number of carbonyl (C=O) groups is 3. The highest BCUT2D eigenvalue weighted by Gasteiger charge is 2.50. The van der Waals surface area contributed by atoms with E-state index in [-0.39, 0.29) is 6.54 Å². The van der Waals surface area contributed by atoms with Gasteiger partial charge in [-0.3, -0.25) is 14.5 Å². The maximum atomic E-state index is 13.4. The highest BCUT2D eigenvalue weighted by Crippen LogP contribution is 2.33. The quantitative estimate of drug-likeness (QED) is 0.533. The molecule has 0 aromatic heterocycles. The van der Waals surface area contributed by atoms with Crippen molar-refractivity contribution in [1.29, 1.82) is 0 Å². The molecule has 0 radical (unpaired) electrons. The monoisotopic (exact) mass is 470 g/mol. The fraction of sp³-hybridized carbons (Fsp3) is 0.321. The highest BCUT2D eigenvalue weighted by atomic mass is 16.2. The van der Waals surface area contributed by atoms with Gasteiger partial charge in [-0.2, -0.15) is 0 Å². The van der Waals surface area contributed by atoms with Crippen LogP contribution in [0.25, 0.3) is 10.8 Å². The Morgan fingerprint density at radius 3 is 2.34 bits per heavy atom. The summed E-state index contributed by atoms with van der Waals surface area (Å²) in [4.78, 5) is 42.2. The first-order valence-electron chi connectivity index (χ1n) is 12.2. The number of amides is 4. The SMILES string of the molecule is CC1(c2cccc3ccccc23)NC(=O)N(CC(=O)Nc2ccc(N3CCCCCC3)cc2)C1=O. The topological polar surface area (TPSA) is 81.8 Å². The van der Waals surface area contributed by atoms with Crippen molar-refractivity contribution in [1.82, 2.24) is 10.2 Å². The fourth-order valence-electron chi connectivity index (χ4n) is 5.11. The lowest BCUT2D eigenvalue weighted by Gasteiger charge is -2.24. The van der Waals surface area contributed by atoms with E-state index in [0.29, 0.717) is 11.3 Å². The molecule has 1 unspecified atom stereocenters. The van der Waals surface area contributed by atoms with E-state index in [1.165, 1.54) is 25.7 Å². The third kappa shape index (κ3) is 4.46. The van der Waals surface area contributed by atoms with Gasteiger partial charge in [0.2, 0.25) is 5.91 Å². The first-order valence-corrected chi connectivity index (χ1v) is 12.2. The molecule has 5 rings (SSSR count). The lowest BCUT2D eigenvalue weighted by Crippen LogP contribution is -2.42. The van der Waals surface area contributed by atoms with Gasteiger partial charge in [-0.1, -0.05) is 55.3 Å². The lowest BCUT2D eigenvalue weighted by atomic mass is 9.88. The van der Waals surface area contributed by atoms with Crippen molar-refractivity contribution in [3.8, 4) is 0 Å². The maximum Gasteiger partial charge on any atom is 0.325 e. The molecule has 1 atom stereocenters. The van der Waals surface area contributed by atoms with Crippen LogP contribution in [0.2, 0.25) is 0 Å². The van der Waals surface area contributed by atoms with Crippen molar-refractivity contribution in [3.05, 3.63) is 72.3 Å². The molecule has 4 amide bonds. The molecule has 2 fully saturated rings. The number of carbonyl (C=O) groups excluding carboxylic acids is 3. The first-order chi connectivity index (χ1) is 17.0. The minimum absolute atomic E-state index is 0.348. The van der Waals surface area contributed by atoms with Crippen molar-refractivity contribution < 1.29 is 14.4 Å². The van der Waals surface area contributed by atoms with Gasteiger partial charge in [0.1, 0.15) is 12.1 Å². The van der Waals surface area contributed by atoms with Crippen LogP contribution < -0.4 is 15.5 Å². The number of nitrogens with zero attached hydrogens (tertiary/aromatic N) is 2. The first kappa shape index (κ1) is 22.9. The molecular formula is C28H30N4O3. The Kier molecular flexibility index (Phi) is 6.16. The van der Waals surface area contributed by atoms with E-state index in [1.54, 1.807) is 6.92 Å². The van der Waals surface area contributed by atoms with Gasteiger partial charge in [-0.25, -0.2) is 4.79 Å². The van der Waals surface area contributed by atoms with Gasteiger partial charge >= 0.3 is 6.03 Å². The van der Waals surface area contributed by atoms with E-state index in [4.69, 9.17) is 0 Å². The number of nitrogens with one attached hydrogen (secondary N) is 2. The number of anilines is 2. The van der Waals surface area contributed by atoms with Crippen molar-refractivity contribution in [2.45, 2.75) is 38.1 Å². The molecule has 0 spiro atoms. The van der Waals surface area contributed by atoms with E-state index in [2.05, 4.69) is 15.5 Å². The molecule has 35 heavy (non-hydrogen) atoms. The largest absolute Gasteiger partial charge is 0.372 e. The average molecular weight is 471 g/mol. The van der Waals surface area contributed by atoms with Crippen LogP contribution in [0.5, 0.6) is 0 Å². The van der Waals surface area contributed by atoms with Crippen LogP contribution in [0.15, 0.2) is 66.7 Å². The second-order valence-electron chi connectivity index (χ2n) is 9.47. The second kappa shape index (κ2) is 9.41. The molecule has 3 aromatic rings. The standard InChI is InChI=1S/C28H30N4O3/c1-28(24-12-8-10-20-9-4-5-11-23(20)24)26(34)32(27(35)30-28)19-25(33)29-21-13-15-22(16-14-21)31-17-6-2-3-7-18-31/h4-5,8-16H,2-3,6-7,17-19H2,1H3,(H,29,33)(H,30,35). The van der Waals surface area contributed by atoms with Gasteiger partial charge in [0, 0.05) is 24.5 Å². The Morgan fingerprint density at radius 2 is 1.60 bits per heavy atom. The third-order valence-electron chi connectivity index (χ3n) is 7.03. The van der Waals surface area contributed by atoms with Gasteiger partial charge in [-0.05, 0) is 60.4 Å². The molecule has 7 heteroatoms. The van der Waals surface area contributed by atoms with E-state index < -0.39 is 23.4 Å². The Bertz CT molecular complexity index is 1260. The maximum absolute atomic E-state index is 13.4. The molecule has 3 aromatic carbocycles.